The van der Waals surface area contributed by atoms with Gasteiger partial charge in [-0.3, -0.25) is 9.59 Å². The van der Waals surface area contributed by atoms with Gasteiger partial charge in [0.25, 0.3) is 11.8 Å². The number of ether oxygens (including phenoxy) is 2. The summed E-state index contributed by atoms with van der Waals surface area (Å²) in [5.74, 6) is -0.630. The maximum absolute atomic E-state index is 13.8. The highest BCUT2D eigenvalue weighted by Crippen LogP contribution is 2.43. The number of methoxy groups -OCH3 is 2. The predicted molar refractivity (Wildman–Crippen MR) is 118 cm³/mol. The van der Waals surface area contributed by atoms with E-state index in [0.29, 0.717) is 17.1 Å². The van der Waals surface area contributed by atoms with E-state index in [-0.39, 0.29) is 16.2 Å². The number of nitrogens with zero attached hydrogens (tertiary/aromatic N) is 1. The van der Waals surface area contributed by atoms with Gasteiger partial charge < -0.3 is 9.47 Å². The van der Waals surface area contributed by atoms with Crippen LogP contribution in [0, 0.1) is 5.82 Å². The van der Waals surface area contributed by atoms with Crippen molar-refractivity contribution in [1.29, 1.82) is 0 Å². The van der Waals surface area contributed by atoms with E-state index in [0.717, 1.165) is 15.9 Å². The van der Waals surface area contributed by atoms with Crippen LogP contribution in [0.1, 0.15) is 5.56 Å². The molecule has 0 fully saturated rings. The van der Waals surface area contributed by atoms with Crippen molar-refractivity contribution >= 4 is 34.8 Å². The zero-order chi connectivity index (χ0) is 22.0. The van der Waals surface area contributed by atoms with Gasteiger partial charge in [-0.15, -0.1) is 0 Å². The summed E-state index contributed by atoms with van der Waals surface area (Å²) in [4.78, 5) is 28.8. The van der Waals surface area contributed by atoms with Crippen LogP contribution in [0.15, 0.2) is 82.6 Å². The van der Waals surface area contributed by atoms with Crippen molar-refractivity contribution in [3.8, 4) is 11.5 Å². The number of anilines is 1. The smallest absolute Gasteiger partial charge is 0.272 e. The Morgan fingerprint density at radius 3 is 2.23 bits per heavy atom. The van der Waals surface area contributed by atoms with Crippen LogP contribution in [0.2, 0.25) is 0 Å². The van der Waals surface area contributed by atoms with Crippen LogP contribution in [-0.4, -0.2) is 26.0 Å². The first-order chi connectivity index (χ1) is 15.0. The Morgan fingerprint density at radius 1 is 0.806 bits per heavy atom. The van der Waals surface area contributed by atoms with Gasteiger partial charge in [-0.05, 0) is 48.0 Å². The van der Waals surface area contributed by atoms with Crippen molar-refractivity contribution in [2.24, 2.45) is 0 Å². The van der Waals surface area contributed by atoms with Gasteiger partial charge in [0.1, 0.15) is 5.82 Å². The molecular weight excluding hydrogens is 417 g/mol. The third kappa shape index (κ3) is 3.92. The molecule has 0 saturated carbocycles. The first kappa shape index (κ1) is 20.7. The van der Waals surface area contributed by atoms with E-state index in [1.54, 1.807) is 18.2 Å². The number of hydrogen-bond acceptors (Lipinski definition) is 5. The van der Waals surface area contributed by atoms with Crippen molar-refractivity contribution in [1.82, 2.24) is 0 Å². The lowest BCUT2D eigenvalue weighted by Crippen LogP contribution is -2.31. The molecule has 4 rings (SSSR count). The fraction of sp³-hybridized carbons (Fsp3) is 0.0833. The Kier molecular flexibility index (Phi) is 5.77. The Bertz CT molecular complexity index is 1190. The molecule has 0 bridgehead atoms. The molecule has 0 aromatic heterocycles. The molecule has 31 heavy (non-hydrogen) atoms. The number of imide groups is 1. The fourth-order valence-corrected chi connectivity index (χ4v) is 4.32. The first-order valence-corrected chi connectivity index (χ1v) is 10.2. The van der Waals surface area contributed by atoms with Gasteiger partial charge >= 0.3 is 0 Å². The molecule has 0 spiro atoms. The molecule has 3 aromatic carbocycles. The van der Waals surface area contributed by atoms with Gasteiger partial charge in [0.15, 0.2) is 11.5 Å². The second-order valence-corrected chi connectivity index (χ2v) is 7.70. The molecule has 1 heterocycles. The number of amides is 2. The molecular formula is C24H18FNO4S. The largest absolute Gasteiger partial charge is 0.493 e. The number of rotatable bonds is 6. The molecule has 0 unspecified atom stereocenters. The Hall–Kier alpha value is -3.58. The molecule has 1 aliphatic rings. The van der Waals surface area contributed by atoms with Crippen LogP contribution in [0.3, 0.4) is 0 Å². The number of carbonyl (C=O) groups is 2. The summed E-state index contributed by atoms with van der Waals surface area (Å²) in [5, 5.41) is 0. The normalized spacial score (nSPS) is 13.7. The van der Waals surface area contributed by atoms with Gasteiger partial charge in [0, 0.05) is 4.90 Å². The Balaban J connectivity index is 1.85. The molecule has 0 atom stereocenters. The first-order valence-electron chi connectivity index (χ1n) is 9.37. The molecule has 156 valence electrons. The van der Waals surface area contributed by atoms with E-state index in [1.807, 2.05) is 30.3 Å². The highest BCUT2D eigenvalue weighted by atomic mass is 32.2. The zero-order valence-corrected chi connectivity index (χ0v) is 17.6. The molecule has 3 aromatic rings. The van der Waals surface area contributed by atoms with Crippen molar-refractivity contribution in [2.75, 3.05) is 19.1 Å². The van der Waals surface area contributed by atoms with E-state index in [2.05, 4.69) is 0 Å². The molecule has 1 aliphatic heterocycles. The maximum atomic E-state index is 13.8. The lowest BCUT2D eigenvalue weighted by atomic mass is 10.1. The number of hydrogen-bond donors (Lipinski definition) is 0. The van der Waals surface area contributed by atoms with E-state index in [4.69, 9.17) is 9.47 Å². The van der Waals surface area contributed by atoms with Gasteiger partial charge in [0.2, 0.25) is 0 Å². The third-order valence-electron chi connectivity index (χ3n) is 4.74. The number of carbonyl (C=O) groups excluding carboxylic acids is 2. The van der Waals surface area contributed by atoms with Crippen LogP contribution in [0.5, 0.6) is 11.5 Å². The summed E-state index contributed by atoms with van der Waals surface area (Å²) >= 11 is 1.19. The SMILES string of the molecule is COc1ccc(C2=C(Sc3ccccc3)C(=O)N(c3cccc(F)c3)C2=O)cc1OC. The molecule has 0 aliphatic carbocycles. The Labute approximate surface area is 183 Å². The average molecular weight is 435 g/mol. The summed E-state index contributed by atoms with van der Waals surface area (Å²) < 4.78 is 24.5. The van der Waals surface area contributed by atoms with Crippen LogP contribution in [0.25, 0.3) is 5.57 Å². The molecule has 0 N–H and O–H groups in total. The van der Waals surface area contributed by atoms with Crippen LogP contribution in [-0.2, 0) is 9.59 Å². The van der Waals surface area contributed by atoms with Crippen molar-refractivity contribution in [2.45, 2.75) is 4.90 Å². The molecule has 2 amide bonds. The lowest BCUT2D eigenvalue weighted by molar-refractivity contribution is -0.119. The fourth-order valence-electron chi connectivity index (χ4n) is 3.31. The van der Waals surface area contributed by atoms with Gasteiger partial charge in [-0.1, -0.05) is 42.1 Å². The monoisotopic (exact) mass is 435 g/mol. The second kappa shape index (κ2) is 8.65. The van der Waals surface area contributed by atoms with E-state index in [1.165, 1.54) is 44.2 Å². The van der Waals surface area contributed by atoms with E-state index in [9.17, 15) is 14.0 Å². The lowest BCUT2D eigenvalue weighted by Gasteiger charge is -2.15. The number of benzene rings is 3. The second-order valence-electron chi connectivity index (χ2n) is 6.61. The minimum atomic E-state index is -0.532. The van der Waals surface area contributed by atoms with Crippen molar-refractivity contribution in [3.05, 3.63) is 89.1 Å². The predicted octanol–water partition coefficient (Wildman–Crippen LogP) is 4.92. The minimum absolute atomic E-state index is 0.177. The summed E-state index contributed by atoms with van der Waals surface area (Å²) in [5.41, 5.74) is 0.911. The zero-order valence-electron chi connectivity index (χ0n) is 16.8. The summed E-state index contributed by atoms with van der Waals surface area (Å²) in [7, 11) is 3.01. The molecule has 7 heteroatoms. The van der Waals surface area contributed by atoms with E-state index < -0.39 is 17.6 Å². The maximum Gasteiger partial charge on any atom is 0.272 e. The van der Waals surface area contributed by atoms with Crippen LogP contribution >= 0.6 is 11.8 Å². The highest BCUT2D eigenvalue weighted by molar-refractivity contribution is 8.04. The molecule has 0 radical (unpaired) electrons. The summed E-state index contributed by atoms with van der Waals surface area (Å²) in [6.45, 7) is 0. The van der Waals surface area contributed by atoms with Gasteiger partial charge in [-0.2, -0.15) is 0 Å². The van der Waals surface area contributed by atoms with Crippen LogP contribution < -0.4 is 14.4 Å². The number of thioether (sulfide) groups is 1. The summed E-state index contributed by atoms with van der Waals surface area (Å²) in [6, 6.07) is 19.7. The minimum Gasteiger partial charge on any atom is -0.493 e. The van der Waals surface area contributed by atoms with Gasteiger partial charge in [-0.25, -0.2) is 9.29 Å². The standard InChI is InChI=1S/C24H18FNO4S/c1-29-19-12-11-15(13-20(19)30-2)21-22(31-18-9-4-3-5-10-18)24(28)26(23(21)27)17-8-6-7-16(25)14-17/h3-14H,1-2H3. The molecule has 5 nitrogen and oxygen atoms in total. The Morgan fingerprint density at radius 2 is 1.55 bits per heavy atom. The third-order valence-corrected chi connectivity index (χ3v) is 5.83. The highest BCUT2D eigenvalue weighted by Gasteiger charge is 2.40. The van der Waals surface area contributed by atoms with Crippen LogP contribution in [0.4, 0.5) is 10.1 Å². The average Bonchev–Trinajstić information content (AvgIpc) is 3.03. The topological polar surface area (TPSA) is 55.8 Å². The number of halogens is 1. The summed E-state index contributed by atoms with van der Waals surface area (Å²) in [6.07, 6.45) is 0. The molecule has 0 saturated heterocycles. The van der Waals surface area contributed by atoms with Gasteiger partial charge in [0.05, 0.1) is 30.4 Å². The van der Waals surface area contributed by atoms with Crippen molar-refractivity contribution in [3.63, 3.8) is 0 Å². The van der Waals surface area contributed by atoms with Crippen molar-refractivity contribution < 1.29 is 23.5 Å². The van der Waals surface area contributed by atoms with E-state index >= 15 is 0 Å². The quantitative estimate of drug-likeness (QED) is 0.515.